The van der Waals surface area contributed by atoms with Crippen molar-refractivity contribution in [2.75, 3.05) is 13.2 Å². The second-order valence-corrected chi connectivity index (χ2v) is 7.24. The van der Waals surface area contributed by atoms with Crippen LogP contribution in [0.1, 0.15) is 40.6 Å². The second-order valence-electron chi connectivity index (χ2n) is 7.24. The van der Waals surface area contributed by atoms with E-state index < -0.39 is 0 Å². The van der Waals surface area contributed by atoms with Crippen LogP contribution in [0, 0.1) is 6.92 Å². The van der Waals surface area contributed by atoms with E-state index in [-0.39, 0.29) is 17.5 Å². The van der Waals surface area contributed by atoms with Gasteiger partial charge in [0.15, 0.2) is 0 Å². The molecule has 166 valence electrons. The van der Waals surface area contributed by atoms with E-state index in [1.807, 2.05) is 50.2 Å². The Kier molecular flexibility index (Phi) is 8.26. The molecule has 2 amide bonds. The molecule has 32 heavy (non-hydrogen) atoms. The first kappa shape index (κ1) is 22.9. The minimum atomic E-state index is -0.374. The van der Waals surface area contributed by atoms with Crippen LogP contribution in [0.3, 0.4) is 0 Å². The van der Waals surface area contributed by atoms with Gasteiger partial charge < -0.3 is 19.8 Å². The fourth-order valence-corrected chi connectivity index (χ4v) is 3.27. The van der Waals surface area contributed by atoms with Gasteiger partial charge in [-0.05, 0) is 62.1 Å². The summed E-state index contributed by atoms with van der Waals surface area (Å²) in [6, 6.07) is 18.6. The quantitative estimate of drug-likeness (QED) is 0.365. The summed E-state index contributed by atoms with van der Waals surface area (Å²) < 4.78 is 11.0. The van der Waals surface area contributed by atoms with Gasteiger partial charge in [0.2, 0.25) is 0 Å². The Morgan fingerprint density at radius 2 is 1.81 bits per heavy atom. The van der Waals surface area contributed by atoms with Crippen LogP contribution >= 0.6 is 0 Å². The average molecular weight is 433 g/mol. The molecule has 0 aliphatic heterocycles. The van der Waals surface area contributed by atoms with E-state index in [9.17, 15) is 9.59 Å². The summed E-state index contributed by atoms with van der Waals surface area (Å²) in [7, 11) is 0. The van der Waals surface area contributed by atoms with Crippen LogP contribution in [0.5, 0.6) is 5.75 Å². The number of ether oxygens (including phenoxy) is 1. The van der Waals surface area contributed by atoms with Crippen molar-refractivity contribution in [1.82, 2.24) is 10.6 Å². The number of para-hydroxylation sites is 1. The minimum Gasteiger partial charge on any atom is -0.494 e. The highest BCUT2D eigenvalue weighted by Gasteiger charge is 2.16. The highest BCUT2D eigenvalue weighted by atomic mass is 16.5. The van der Waals surface area contributed by atoms with E-state index in [4.69, 9.17) is 9.15 Å². The summed E-state index contributed by atoms with van der Waals surface area (Å²) in [5.74, 6) is 0.624. The molecule has 0 bridgehead atoms. The lowest BCUT2D eigenvalue weighted by Crippen LogP contribution is -2.35. The maximum Gasteiger partial charge on any atom is 0.267 e. The third kappa shape index (κ3) is 6.35. The predicted octanol–water partition coefficient (Wildman–Crippen LogP) is 4.51. The summed E-state index contributed by atoms with van der Waals surface area (Å²) in [5, 5.41) is 5.61. The van der Waals surface area contributed by atoms with E-state index in [1.54, 1.807) is 24.3 Å². The third-order valence-electron chi connectivity index (χ3n) is 4.89. The van der Waals surface area contributed by atoms with Crippen molar-refractivity contribution in [2.45, 2.75) is 26.7 Å². The number of aryl methyl sites for hydroxylation is 2. The standard InChI is InChI=1S/C26H28N2O4/c1-3-31-24-15-7-5-11-20(24)12-8-16-27-26(30)23(18-21-13-9-17-32-21)28-25(29)22-14-6-4-10-19(22)2/h4-7,9-11,13-15,17-18H,3,8,12,16H2,1-2H3,(H,27,30)(H,28,29)/b23-18-. The first-order valence-electron chi connectivity index (χ1n) is 10.7. The van der Waals surface area contributed by atoms with Gasteiger partial charge in [0, 0.05) is 18.2 Å². The van der Waals surface area contributed by atoms with Crippen molar-refractivity contribution in [1.29, 1.82) is 0 Å². The molecule has 1 aromatic heterocycles. The molecule has 3 aromatic rings. The van der Waals surface area contributed by atoms with Crippen LogP contribution < -0.4 is 15.4 Å². The SMILES string of the molecule is CCOc1ccccc1CCCNC(=O)/C(=C/c1ccco1)NC(=O)c1ccccc1C. The van der Waals surface area contributed by atoms with Gasteiger partial charge in [-0.3, -0.25) is 9.59 Å². The van der Waals surface area contributed by atoms with E-state index in [0.29, 0.717) is 24.5 Å². The Hall–Kier alpha value is -3.80. The van der Waals surface area contributed by atoms with Crippen molar-refractivity contribution in [3.63, 3.8) is 0 Å². The summed E-state index contributed by atoms with van der Waals surface area (Å²) in [5.41, 5.74) is 2.57. The minimum absolute atomic E-state index is 0.128. The molecule has 0 aliphatic carbocycles. The number of benzene rings is 2. The van der Waals surface area contributed by atoms with E-state index >= 15 is 0 Å². The Morgan fingerprint density at radius 3 is 2.56 bits per heavy atom. The fraction of sp³-hybridized carbons (Fsp3) is 0.231. The monoisotopic (exact) mass is 432 g/mol. The van der Waals surface area contributed by atoms with Crippen LogP contribution in [-0.4, -0.2) is 25.0 Å². The number of amides is 2. The Labute approximate surface area is 188 Å². The van der Waals surface area contributed by atoms with E-state index in [1.165, 1.54) is 12.3 Å². The zero-order chi connectivity index (χ0) is 22.8. The maximum absolute atomic E-state index is 12.8. The average Bonchev–Trinajstić information content (AvgIpc) is 3.31. The fourth-order valence-electron chi connectivity index (χ4n) is 3.27. The van der Waals surface area contributed by atoms with Crippen molar-refractivity contribution >= 4 is 17.9 Å². The molecule has 1 heterocycles. The van der Waals surface area contributed by atoms with Gasteiger partial charge in [0.05, 0.1) is 12.9 Å². The summed E-state index contributed by atoms with van der Waals surface area (Å²) in [4.78, 5) is 25.6. The summed E-state index contributed by atoms with van der Waals surface area (Å²) in [6.07, 6.45) is 4.54. The lowest BCUT2D eigenvalue weighted by molar-refractivity contribution is -0.117. The van der Waals surface area contributed by atoms with Crippen LogP contribution in [0.2, 0.25) is 0 Å². The smallest absolute Gasteiger partial charge is 0.267 e. The molecule has 2 aromatic carbocycles. The van der Waals surface area contributed by atoms with Crippen molar-refractivity contribution in [3.05, 3.63) is 95.1 Å². The molecule has 2 N–H and O–H groups in total. The number of carbonyl (C=O) groups excluding carboxylic acids is 2. The molecule has 0 saturated carbocycles. The first-order valence-corrected chi connectivity index (χ1v) is 10.7. The molecule has 0 atom stereocenters. The van der Waals surface area contributed by atoms with Gasteiger partial charge >= 0.3 is 0 Å². The highest BCUT2D eigenvalue weighted by Crippen LogP contribution is 2.19. The van der Waals surface area contributed by atoms with Crippen LogP contribution in [0.15, 0.2) is 77.0 Å². The number of hydrogen-bond acceptors (Lipinski definition) is 4. The van der Waals surface area contributed by atoms with Gasteiger partial charge in [-0.15, -0.1) is 0 Å². The van der Waals surface area contributed by atoms with Crippen molar-refractivity contribution in [2.24, 2.45) is 0 Å². The third-order valence-corrected chi connectivity index (χ3v) is 4.89. The summed E-state index contributed by atoms with van der Waals surface area (Å²) >= 11 is 0. The Morgan fingerprint density at radius 1 is 1.03 bits per heavy atom. The number of furan rings is 1. The molecular formula is C26H28N2O4. The molecule has 0 aliphatic rings. The van der Waals surface area contributed by atoms with E-state index in [2.05, 4.69) is 10.6 Å². The number of rotatable bonds is 10. The van der Waals surface area contributed by atoms with Crippen LogP contribution in [0.4, 0.5) is 0 Å². The summed E-state index contributed by atoms with van der Waals surface area (Å²) in [6.45, 7) is 4.87. The van der Waals surface area contributed by atoms with Crippen molar-refractivity contribution < 1.29 is 18.7 Å². The number of nitrogens with one attached hydrogen (secondary N) is 2. The lowest BCUT2D eigenvalue weighted by atomic mass is 10.1. The predicted molar refractivity (Wildman–Crippen MR) is 124 cm³/mol. The zero-order valence-corrected chi connectivity index (χ0v) is 18.4. The highest BCUT2D eigenvalue weighted by molar-refractivity contribution is 6.05. The number of carbonyl (C=O) groups is 2. The normalized spacial score (nSPS) is 11.1. The zero-order valence-electron chi connectivity index (χ0n) is 18.4. The van der Waals surface area contributed by atoms with Gasteiger partial charge in [0.1, 0.15) is 17.2 Å². The van der Waals surface area contributed by atoms with Crippen LogP contribution in [0.25, 0.3) is 6.08 Å². The molecule has 0 fully saturated rings. The van der Waals surface area contributed by atoms with Gasteiger partial charge in [-0.1, -0.05) is 36.4 Å². The van der Waals surface area contributed by atoms with Gasteiger partial charge in [-0.25, -0.2) is 0 Å². The largest absolute Gasteiger partial charge is 0.494 e. The van der Waals surface area contributed by atoms with Crippen LogP contribution in [-0.2, 0) is 11.2 Å². The van der Waals surface area contributed by atoms with Gasteiger partial charge in [-0.2, -0.15) is 0 Å². The molecular weight excluding hydrogens is 404 g/mol. The second kappa shape index (κ2) is 11.6. The Bertz CT molecular complexity index is 1070. The molecule has 0 spiro atoms. The molecule has 0 unspecified atom stereocenters. The van der Waals surface area contributed by atoms with E-state index in [0.717, 1.165) is 29.7 Å². The molecule has 3 rings (SSSR count). The number of hydrogen-bond donors (Lipinski definition) is 2. The first-order chi connectivity index (χ1) is 15.6. The lowest BCUT2D eigenvalue weighted by Gasteiger charge is -2.13. The molecule has 6 heteroatoms. The van der Waals surface area contributed by atoms with Gasteiger partial charge in [0.25, 0.3) is 11.8 Å². The maximum atomic E-state index is 12.8. The topological polar surface area (TPSA) is 80.6 Å². The Balaban J connectivity index is 1.63. The molecule has 6 nitrogen and oxygen atoms in total. The van der Waals surface area contributed by atoms with Crippen molar-refractivity contribution in [3.8, 4) is 5.75 Å². The molecule has 0 radical (unpaired) electrons. The molecule has 0 saturated heterocycles.